The highest BCUT2D eigenvalue weighted by Crippen LogP contribution is 2.40. The number of nitrogens with zero attached hydrogens (tertiary/aromatic N) is 2. The van der Waals surface area contributed by atoms with Crippen LogP contribution in [0, 0.1) is 5.92 Å². The zero-order valence-corrected chi connectivity index (χ0v) is 13.0. The van der Waals surface area contributed by atoms with Gasteiger partial charge < -0.3 is 15.0 Å². The maximum Gasteiger partial charge on any atom is 0.424 e. The van der Waals surface area contributed by atoms with E-state index in [2.05, 4.69) is 17.2 Å². The lowest BCUT2D eigenvalue weighted by atomic mass is 9.97. The highest BCUT2D eigenvalue weighted by molar-refractivity contribution is 5.08. The number of imidazole rings is 1. The zero-order valence-electron chi connectivity index (χ0n) is 13.0. The first kappa shape index (κ1) is 17.3. The molecular formula is C15H24F3N3O. The molecule has 1 aromatic rings. The molecule has 0 amide bonds. The van der Waals surface area contributed by atoms with Gasteiger partial charge in [0.15, 0.2) is 0 Å². The molecule has 0 aliphatic heterocycles. The Morgan fingerprint density at radius 1 is 1.41 bits per heavy atom. The third-order valence-electron chi connectivity index (χ3n) is 4.70. The van der Waals surface area contributed by atoms with Crippen LogP contribution in [0.25, 0.3) is 0 Å². The van der Waals surface area contributed by atoms with Gasteiger partial charge >= 0.3 is 6.18 Å². The Morgan fingerprint density at radius 3 is 2.64 bits per heavy atom. The first-order valence-corrected chi connectivity index (χ1v) is 7.78. The number of hydrogen-bond donors (Lipinski definition) is 2. The normalized spacial score (nSPS) is 25.4. The van der Waals surface area contributed by atoms with Crippen LogP contribution in [-0.2, 0) is 12.6 Å². The highest BCUT2D eigenvalue weighted by atomic mass is 19.4. The van der Waals surface area contributed by atoms with E-state index in [-0.39, 0.29) is 18.4 Å². The third-order valence-corrected chi connectivity index (χ3v) is 4.70. The lowest BCUT2D eigenvalue weighted by molar-refractivity contribution is -0.272. The molecule has 126 valence electrons. The molecule has 1 aliphatic carbocycles. The van der Waals surface area contributed by atoms with Crippen molar-refractivity contribution in [1.82, 2.24) is 14.9 Å². The van der Waals surface area contributed by atoms with Gasteiger partial charge in [0.25, 0.3) is 0 Å². The van der Waals surface area contributed by atoms with E-state index in [0.717, 1.165) is 25.7 Å². The van der Waals surface area contributed by atoms with E-state index in [1.807, 2.05) is 0 Å². The summed E-state index contributed by atoms with van der Waals surface area (Å²) in [4.78, 5) is 3.70. The number of alkyl halides is 3. The average molecular weight is 319 g/mol. The van der Waals surface area contributed by atoms with E-state index in [0.29, 0.717) is 5.92 Å². The van der Waals surface area contributed by atoms with Crippen LogP contribution in [0.1, 0.15) is 44.9 Å². The molecule has 0 aromatic carbocycles. The van der Waals surface area contributed by atoms with Gasteiger partial charge in [-0.25, -0.2) is 4.98 Å². The molecule has 1 saturated carbocycles. The molecule has 22 heavy (non-hydrogen) atoms. The number of nitrogens with one attached hydrogen (secondary N) is 1. The van der Waals surface area contributed by atoms with E-state index in [9.17, 15) is 18.3 Å². The summed E-state index contributed by atoms with van der Waals surface area (Å²) in [6, 6.07) is 0.254. The lowest BCUT2D eigenvalue weighted by Gasteiger charge is -2.30. The summed E-state index contributed by atoms with van der Waals surface area (Å²) in [6.07, 6.45) is 1.71. The third kappa shape index (κ3) is 3.46. The first-order valence-electron chi connectivity index (χ1n) is 7.78. The van der Waals surface area contributed by atoms with Gasteiger partial charge in [-0.05, 0) is 31.7 Å². The van der Waals surface area contributed by atoms with Gasteiger partial charge in [-0.3, -0.25) is 0 Å². The molecule has 2 rings (SSSR count). The van der Waals surface area contributed by atoms with Gasteiger partial charge in [-0.15, -0.1) is 0 Å². The summed E-state index contributed by atoms with van der Waals surface area (Å²) in [5, 5.41) is 13.4. The standard InChI is InChI=1S/C15H24F3N3O/c1-3-11-4-5-12(10-11)19-7-6-14(22,15(16,17)18)13-20-8-9-21(13)2/h8-9,11-12,19,22H,3-7,10H2,1-2H3. The van der Waals surface area contributed by atoms with Gasteiger partial charge in [0.1, 0.15) is 5.82 Å². The fraction of sp³-hybridized carbons (Fsp3) is 0.800. The minimum Gasteiger partial charge on any atom is -0.374 e. The number of aliphatic hydroxyl groups is 1. The van der Waals surface area contributed by atoms with Crippen LogP contribution in [0.2, 0.25) is 0 Å². The highest BCUT2D eigenvalue weighted by Gasteiger charge is 2.57. The van der Waals surface area contributed by atoms with Crippen LogP contribution in [0.5, 0.6) is 0 Å². The van der Waals surface area contributed by atoms with E-state index in [4.69, 9.17) is 0 Å². The van der Waals surface area contributed by atoms with Crippen LogP contribution in [0.3, 0.4) is 0 Å². The SMILES string of the molecule is CCC1CCC(NCCC(O)(c2nccn2C)C(F)(F)F)C1. The van der Waals surface area contributed by atoms with Gasteiger partial charge in [-0.1, -0.05) is 13.3 Å². The molecule has 0 spiro atoms. The number of aryl methyl sites for hydroxylation is 1. The molecule has 0 saturated heterocycles. The molecule has 1 heterocycles. The van der Waals surface area contributed by atoms with E-state index in [1.165, 1.54) is 24.0 Å². The molecular weight excluding hydrogens is 295 g/mol. The molecule has 2 N–H and O–H groups in total. The first-order chi connectivity index (χ1) is 10.3. The Balaban J connectivity index is 1.99. The summed E-state index contributed by atoms with van der Waals surface area (Å²) in [5.74, 6) is 0.299. The van der Waals surface area contributed by atoms with Crippen molar-refractivity contribution in [2.24, 2.45) is 13.0 Å². The minimum atomic E-state index is -4.75. The molecule has 0 radical (unpaired) electrons. The van der Waals surface area contributed by atoms with Crippen molar-refractivity contribution in [2.75, 3.05) is 6.54 Å². The van der Waals surface area contributed by atoms with Crippen molar-refractivity contribution < 1.29 is 18.3 Å². The van der Waals surface area contributed by atoms with Crippen molar-refractivity contribution in [1.29, 1.82) is 0 Å². The Kier molecular flexibility index (Phi) is 5.17. The summed E-state index contributed by atoms with van der Waals surface area (Å²) < 4.78 is 41.2. The van der Waals surface area contributed by atoms with Crippen LogP contribution < -0.4 is 5.32 Å². The zero-order chi connectivity index (χ0) is 16.4. The number of hydrogen-bond acceptors (Lipinski definition) is 3. The molecule has 7 heteroatoms. The smallest absolute Gasteiger partial charge is 0.374 e. The number of rotatable bonds is 6. The molecule has 0 bridgehead atoms. The van der Waals surface area contributed by atoms with Crippen molar-refractivity contribution in [3.63, 3.8) is 0 Å². The van der Waals surface area contributed by atoms with Crippen molar-refractivity contribution in [3.05, 3.63) is 18.2 Å². The van der Waals surface area contributed by atoms with E-state index < -0.39 is 18.2 Å². The fourth-order valence-corrected chi connectivity index (χ4v) is 3.23. The summed E-state index contributed by atoms with van der Waals surface area (Å²) >= 11 is 0. The fourth-order valence-electron chi connectivity index (χ4n) is 3.23. The van der Waals surface area contributed by atoms with Crippen molar-refractivity contribution >= 4 is 0 Å². The lowest BCUT2D eigenvalue weighted by Crippen LogP contribution is -2.47. The number of halogens is 3. The second kappa shape index (κ2) is 6.58. The number of aromatic nitrogens is 2. The second-order valence-corrected chi connectivity index (χ2v) is 6.21. The van der Waals surface area contributed by atoms with Crippen molar-refractivity contribution in [2.45, 2.75) is 56.8 Å². The van der Waals surface area contributed by atoms with Gasteiger partial charge in [0, 0.05) is 31.9 Å². The quantitative estimate of drug-likeness (QED) is 0.848. The maximum atomic E-state index is 13.3. The summed E-state index contributed by atoms with van der Waals surface area (Å²) in [7, 11) is 1.45. The van der Waals surface area contributed by atoms with Crippen LogP contribution >= 0.6 is 0 Å². The topological polar surface area (TPSA) is 50.1 Å². The average Bonchev–Trinajstić information content (AvgIpc) is 3.06. The Morgan fingerprint density at radius 2 is 2.14 bits per heavy atom. The predicted octanol–water partition coefficient (Wildman–Crippen LogP) is 2.73. The Bertz CT molecular complexity index is 489. The van der Waals surface area contributed by atoms with Crippen LogP contribution in [-0.4, -0.2) is 33.4 Å². The van der Waals surface area contributed by atoms with Gasteiger partial charge in [-0.2, -0.15) is 13.2 Å². The van der Waals surface area contributed by atoms with Crippen molar-refractivity contribution in [3.8, 4) is 0 Å². The maximum absolute atomic E-state index is 13.3. The van der Waals surface area contributed by atoms with Crippen LogP contribution in [0.4, 0.5) is 13.2 Å². The molecule has 1 aliphatic rings. The molecule has 3 unspecified atom stereocenters. The summed E-state index contributed by atoms with van der Waals surface area (Å²) in [5.41, 5.74) is -2.92. The Labute approximate surface area is 128 Å². The van der Waals surface area contributed by atoms with Gasteiger partial charge in [0.2, 0.25) is 5.60 Å². The largest absolute Gasteiger partial charge is 0.424 e. The molecule has 3 atom stereocenters. The van der Waals surface area contributed by atoms with E-state index in [1.54, 1.807) is 0 Å². The Hall–Kier alpha value is -1.08. The second-order valence-electron chi connectivity index (χ2n) is 6.21. The van der Waals surface area contributed by atoms with Gasteiger partial charge in [0.05, 0.1) is 0 Å². The van der Waals surface area contributed by atoms with Crippen LogP contribution in [0.15, 0.2) is 12.4 Å². The molecule has 1 aromatic heterocycles. The van der Waals surface area contributed by atoms with E-state index >= 15 is 0 Å². The molecule has 1 fully saturated rings. The molecule has 4 nitrogen and oxygen atoms in total. The predicted molar refractivity (Wildman–Crippen MR) is 77.2 cm³/mol. The summed E-state index contributed by atoms with van der Waals surface area (Å²) in [6.45, 7) is 2.25. The minimum absolute atomic E-state index is 0.115. The monoisotopic (exact) mass is 319 g/mol.